The molecule has 0 radical (unpaired) electrons. The van der Waals surface area contributed by atoms with Gasteiger partial charge in [0, 0.05) is 35.1 Å². The number of benzene rings is 1. The van der Waals surface area contributed by atoms with Crippen molar-refractivity contribution in [2.75, 3.05) is 18.1 Å². The molecule has 2 rings (SSSR count). The molecule has 1 aromatic rings. The first-order valence-corrected chi connectivity index (χ1v) is 6.46. The minimum absolute atomic E-state index is 0.0751. The molecule has 1 aliphatic heterocycles. The fourth-order valence-corrected chi connectivity index (χ4v) is 2.48. The van der Waals surface area contributed by atoms with Gasteiger partial charge in [0.1, 0.15) is 5.69 Å². The van der Waals surface area contributed by atoms with E-state index in [9.17, 15) is 14.9 Å². The van der Waals surface area contributed by atoms with Gasteiger partial charge in [-0.3, -0.25) is 14.9 Å². The number of amides is 1. The van der Waals surface area contributed by atoms with E-state index in [2.05, 4.69) is 0 Å². The number of rotatable bonds is 3. The van der Waals surface area contributed by atoms with Crippen molar-refractivity contribution in [1.82, 2.24) is 0 Å². The molecule has 7 heteroatoms. The van der Waals surface area contributed by atoms with Gasteiger partial charge in [-0.2, -0.15) is 0 Å². The van der Waals surface area contributed by atoms with E-state index >= 15 is 0 Å². The summed E-state index contributed by atoms with van der Waals surface area (Å²) >= 11 is 1.99. The van der Waals surface area contributed by atoms with E-state index in [-0.39, 0.29) is 30.5 Å². The number of anilines is 1. The number of carbonyl (C=O) groups excluding carboxylic acids is 1. The predicted octanol–water partition coefficient (Wildman–Crippen LogP) is 1.54. The van der Waals surface area contributed by atoms with E-state index in [1.807, 2.05) is 22.6 Å². The summed E-state index contributed by atoms with van der Waals surface area (Å²) < 4.78 is 0.744. The average molecular weight is 362 g/mol. The molecule has 1 amide bonds. The Kier molecular flexibility index (Phi) is 3.81. The number of hydrogen-bond acceptors (Lipinski definition) is 4. The van der Waals surface area contributed by atoms with Crippen LogP contribution in [0.1, 0.15) is 6.42 Å². The average Bonchev–Trinajstić information content (AvgIpc) is 2.70. The number of nitrogens with zero attached hydrogens (tertiary/aromatic N) is 2. The third-order valence-corrected chi connectivity index (χ3v) is 3.56. The van der Waals surface area contributed by atoms with Crippen molar-refractivity contribution in [2.45, 2.75) is 6.42 Å². The molecule has 0 saturated carbocycles. The van der Waals surface area contributed by atoms with Crippen molar-refractivity contribution in [2.24, 2.45) is 5.92 Å². The molecule has 1 atom stereocenters. The zero-order chi connectivity index (χ0) is 13.3. The summed E-state index contributed by atoms with van der Waals surface area (Å²) in [5.41, 5.74) is 0.232. The van der Waals surface area contributed by atoms with E-state index in [4.69, 9.17) is 5.11 Å². The molecule has 0 aromatic heterocycles. The summed E-state index contributed by atoms with van der Waals surface area (Å²) in [6.07, 6.45) is 0.236. The van der Waals surface area contributed by atoms with Crippen LogP contribution >= 0.6 is 22.6 Å². The number of nitro groups is 1. The van der Waals surface area contributed by atoms with Gasteiger partial charge in [0.25, 0.3) is 5.69 Å². The molecule has 96 valence electrons. The van der Waals surface area contributed by atoms with Crippen molar-refractivity contribution < 1.29 is 14.8 Å². The lowest BCUT2D eigenvalue weighted by Crippen LogP contribution is -2.25. The third kappa shape index (κ3) is 2.46. The van der Waals surface area contributed by atoms with E-state index in [0.717, 1.165) is 3.57 Å². The Morgan fingerprint density at radius 1 is 1.56 bits per heavy atom. The normalized spacial score (nSPS) is 19.3. The van der Waals surface area contributed by atoms with Crippen LogP contribution in [-0.2, 0) is 4.79 Å². The van der Waals surface area contributed by atoms with Crippen LogP contribution in [0.4, 0.5) is 11.4 Å². The van der Waals surface area contributed by atoms with Gasteiger partial charge in [0.2, 0.25) is 5.91 Å². The zero-order valence-electron chi connectivity index (χ0n) is 9.38. The predicted molar refractivity (Wildman–Crippen MR) is 73.4 cm³/mol. The van der Waals surface area contributed by atoms with Gasteiger partial charge >= 0.3 is 0 Å². The van der Waals surface area contributed by atoms with Crippen LogP contribution in [0.5, 0.6) is 0 Å². The Morgan fingerprint density at radius 2 is 2.28 bits per heavy atom. The van der Waals surface area contributed by atoms with Crippen molar-refractivity contribution >= 4 is 39.9 Å². The Bertz CT molecular complexity index is 506. The number of hydrogen-bond donors (Lipinski definition) is 1. The minimum Gasteiger partial charge on any atom is -0.396 e. The van der Waals surface area contributed by atoms with Crippen molar-refractivity contribution in [3.63, 3.8) is 0 Å². The van der Waals surface area contributed by atoms with Crippen LogP contribution in [0.15, 0.2) is 18.2 Å². The molecule has 0 spiro atoms. The van der Waals surface area contributed by atoms with Crippen LogP contribution in [0.2, 0.25) is 0 Å². The number of halogens is 1. The Morgan fingerprint density at radius 3 is 2.83 bits per heavy atom. The Hall–Kier alpha value is -1.22. The highest BCUT2D eigenvalue weighted by Crippen LogP contribution is 2.33. The molecule has 1 aliphatic rings. The fraction of sp³-hybridized carbons (Fsp3) is 0.364. The topological polar surface area (TPSA) is 83.7 Å². The minimum atomic E-state index is -0.489. The zero-order valence-corrected chi connectivity index (χ0v) is 11.5. The standard InChI is InChI=1S/C11H11IN2O4/c12-8-1-2-9(10(4-8)14(17)18)13-5-7(6-15)3-11(13)16/h1-2,4,7,15H,3,5-6H2. The van der Waals surface area contributed by atoms with Crippen LogP contribution in [0.3, 0.4) is 0 Å². The first-order valence-electron chi connectivity index (χ1n) is 5.38. The van der Waals surface area contributed by atoms with Gasteiger partial charge < -0.3 is 10.0 Å². The summed E-state index contributed by atoms with van der Waals surface area (Å²) in [4.78, 5) is 23.7. The van der Waals surface area contributed by atoms with E-state index < -0.39 is 4.92 Å². The number of nitro benzene ring substituents is 1. The summed E-state index contributed by atoms with van der Waals surface area (Å²) in [6, 6.07) is 4.75. The van der Waals surface area contributed by atoms with Gasteiger partial charge in [-0.25, -0.2) is 0 Å². The number of aliphatic hydroxyl groups excluding tert-OH is 1. The highest BCUT2D eigenvalue weighted by atomic mass is 127. The molecule has 1 unspecified atom stereocenters. The first kappa shape index (κ1) is 13.2. The van der Waals surface area contributed by atoms with Crippen LogP contribution < -0.4 is 4.90 Å². The maximum atomic E-state index is 11.8. The smallest absolute Gasteiger partial charge is 0.294 e. The maximum absolute atomic E-state index is 11.8. The molecule has 0 bridgehead atoms. The number of carbonyl (C=O) groups is 1. The van der Waals surface area contributed by atoms with Crippen molar-refractivity contribution in [3.8, 4) is 0 Å². The third-order valence-electron chi connectivity index (χ3n) is 2.89. The van der Waals surface area contributed by atoms with Gasteiger partial charge in [-0.15, -0.1) is 0 Å². The molecule has 1 heterocycles. The van der Waals surface area contributed by atoms with E-state index in [1.54, 1.807) is 12.1 Å². The van der Waals surface area contributed by atoms with Crippen molar-refractivity contribution in [1.29, 1.82) is 0 Å². The van der Waals surface area contributed by atoms with Crippen LogP contribution in [-0.4, -0.2) is 29.1 Å². The van der Waals surface area contributed by atoms with Crippen LogP contribution in [0.25, 0.3) is 0 Å². The largest absolute Gasteiger partial charge is 0.396 e. The molecule has 18 heavy (non-hydrogen) atoms. The van der Waals surface area contributed by atoms with Gasteiger partial charge in [0.15, 0.2) is 0 Å². The molecule has 1 N–H and O–H groups in total. The summed E-state index contributed by atoms with van der Waals surface area (Å²) in [6.45, 7) is 0.247. The highest BCUT2D eigenvalue weighted by molar-refractivity contribution is 14.1. The monoisotopic (exact) mass is 362 g/mol. The van der Waals surface area contributed by atoms with Gasteiger partial charge in [-0.1, -0.05) is 0 Å². The Balaban J connectivity index is 2.39. The first-order chi connectivity index (χ1) is 8.52. The second-order valence-corrected chi connectivity index (χ2v) is 5.39. The molecule has 1 saturated heterocycles. The van der Waals surface area contributed by atoms with E-state index in [1.165, 1.54) is 11.0 Å². The van der Waals surface area contributed by atoms with Gasteiger partial charge in [-0.05, 0) is 34.7 Å². The maximum Gasteiger partial charge on any atom is 0.294 e. The Labute approximate surface area is 117 Å². The lowest BCUT2D eigenvalue weighted by Gasteiger charge is -2.16. The molecule has 6 nitrogen and oxygen atoms in total. The molecular formula is C11H11IN2O4. The molecule has 1 aromatic carbocycles. The van der Waals surface area contributed by atoms with Crippen LogP contribution in [0, 0.1) is 19.6 Å². The molecule has 1 fully saturated rings. The number of aliphatic hydroxyl groups is 1. The lowest BCUT2D eigenvalue weighted by atomic mass is 10.1. The quantitative estimate of drug-likeness (QED) is 0.502. The summed E-state index contributed by atoms with van der Waals surface area (Å²) in [5.74, 6) is -0.324. The second kappa shape index (κ2) is 5.19. The van der Waals surface area contributed by atoms with Gasteiger partial charge in [0.05, 0.1) is 4.92 Å². The fourth-order valence-electron chi connectivity index (χ4n) is 2.01. The molecule has 0 aliphatic carbocycles. The van der Waals surface area contributed by atoms with E-state index in [0.29, 0.717) is 12.2 Å². The van der Waals surface area contributed by atoms with Crippen molar-refractivity contribution in [3.05, 3.63) is 31.9 Å². The highest BCUT2D eigenvalue weighted by Gasteiger charge is 2.33. The summed E-state index contributed by atoms with van der Waals surface area (Å²) in [7, 11) is 0. The summed E-state index contributed by atoms with van der Waals surface area (Å²) in [5, 5.41) is 20.1. The lowest BCUT2D eigenvalue weighted by molar-refractivity contribution is -0.384. The molecular weight excluding hydrogens is 351 g/mol. The SMILES string of the molecule is O=C1CC(CO)CN1c1ccc(I)cc1[N+](=O)[O-]. The second-order valence-electron chi connectivity index (χ2n) is 4.15.